The lowest BCUT2D eigenvalue weighted by Gasteiger charge is -2.31. The molecule has 1 unspecified atom stereocenters. The Morgan fingerprint density at radius 2 is 1.84 bits per heavy atom. The van der Waals surface area contributed by atoms with Gasteiger partial charge >= 0.3 is 0 Å². The SMILES string of the molecule is Cc1ccc(S(=O)(=O)N2CCCC(C(=O)Nc3nc(-c4ccc(C)c(C)c4)cs3)C2)cc1. The first-order valence-electron chi connectivity index (χ1n) is 10.6. The van der Waals surface area contributed by atoms with Crippen molar-refractivity contribution in [3.05, 3.63) is 64.5 Å². The summed E-state index contributed by atoms with van der Waals surface area (Å²) in [4.78, 5) is 17.7. The van der Waals surface area contributed by atoms with Crippen molar-refractivity contribution < 1.29 is 13.2 Å². The van der Waals surface area contributed by atoms with E-state index < -0.39 is 15.9 Å². The van der Waals surface area contributed by atoms with E-state index >= 15 is 0 Å². The predicted octanol–water partition coefficient (Wildman–Crippen LogP) is 4.77. The van der Waals surface area contributed by atoms with Gasteiger partial charge in [0.15, 0.2) is 5.13 Å². The van der Waals surface area contributed by atoms with Crippen LogP contribution in [0.25, 0.3) is 11.3 Å². The average molecular weight is 470 g/mol. The van der Waals surface area contributed by atoms with Crippen molar-refractivity contribution in [2.24, 2.45) is 5.92 Å². The van der Waals surface area contributed by atoms with Gasteiger partial charge < -0.3 is 5.32 Å². The summed E-state index contributed by atoms with van der Waals surface area (Å²) in [5.41, 5.74) is 5.25. The van der Waals surface area contributed by atoms with Gasteiger partial charge in [-0.15, -0.1) is 11.3 Å². The molecule has 0 saturated carbocycles. The number of nitrogens with zero attached hydrogens (tertiary/aromatic N) is 2. The van der Waals surface area contributed by atoms with E-state index in [1.54, 1.807) is 24.3 Å². The van der Waals surface area contributed by atoms with Gasteiger partial charge in [-0.2, -0.15) is 4.31 Å². The Balaban J connectivity index is 1.44. The zero-order chi connectivity index (χ0) is 22.9. The molecule has 1 amide bonds. The van der Waals surface area contributed by atoms with Crippen LogP contribution in [0.1, 0.15) is 29.5 Å². The molecule has 3 aromatic rings. The predicted molar refractivity (Wildman–Crippen MR) is 128 cm³/mol. The topological polar surface area (TPSA) is 79.4 Å². The number of nitrogens with one attached hydrogen (secondary N) is 1. The largest absolute Gasteiger partial charge is 0.302 e. The molecule has 0 spiro atoms. The standard InChI is InChI=1S/C24H27N3O3S2/c1-16-6-10-21(11-7-16)32(29,30)27-12-4-5-20(14-27)23(28)26-24-25-22(15-31-24)19-9-8-17(2)18(3)13-19/h6-11,13,15,20H,4-5,12,14H2,1-3H3,(H,25,26,28). The maximum absolute atomic E-state index is 13.0. The number of carbonyl (C=O) groups is 1. The van der Waals surface area contributed by atoms with Crippen molar-refractivity contribution in [1.29, 1.82) is 0 Å². The van der Waals surface area contributed by atoms with Crippen LogP contribution in [0.2, 0.25) is 0 Å². The fourth-order valence-electron chi connectivity index (χ4n) is 3.81. The van der Waals surface area contributed by atoms with Crippen molar-refractivity contribution >= 4 is 32.4 Å². The Morgan fingerprint density at radius 1 is 1.09 bits per heavy atom. The highest BCUT2D eigenvalue weighted by atomic mass is 32.2. The van der Waals surface area contributed by atoms with E-state index in [2.05, 4.69) is 36.3 Å². The zero-order valence-electron chi connectivity index (χ0n) is 18.5. The Labute approximate surface area is 193 Å². The molecule has 1 aliphatic heterocycles. The quantitative estimate of drug-likeness (QED) is 0.583. The van der Waals surface area contributed by atoms with Gasteiger partial charge in [0.05, 0.1) is 16.5 Å². The van der Waals surface area contributed by atoms with Crippen LogP contribution in [0.3, 0.4) is 0 Å². The van der Waals surface area contributed by atoms with Crippen molar-refractivity contribution in [2.45, 2.75) is 38.5 Å². The van der Waals surface area contributed by atoms with E-state index in [9.17, 15) is 13.2 Å². The van der Waals surface area contributed by atoms with E-state index in [0.29, 0.717) is 24.5 Å². The maximum Gasteiger partial charge on any atom is 0.243 e. The highest BCUT2D eigenvalue weighted by Gasteiger charge is 2.33. The van der Waals surface area contributed by atoms with Crippen LogP contribution in [0.5, 0.6) is 0 Å². The molecule has 0 bridgehead atoms. The number of hydrogen-bond donors (Lipinski definition) is 1. The Hall–Kier alpha value is -2.55. The number of piperidine rings is 1. The monoisotopic (exact) mass is 469 g/mol. The number of benzene rings is 2. The first-order valence-corrected chi connectivity index (χ1v) is 13.0. The lowest BCUT2D eigenvalue weighted by atomic mass is 9.99. The minimum absolute atomic E-state index is 0.178. The number of thiazole rings is 1. The molecule has 1 saturated heterocycles. The Kier molecular flexibility index (Phi) is 6.46. The van der Waals surface area contributed by atoms with Gasteiger partial charge in [0.1, 0.15) is 0 Å². The molecule has 1 aliphatic rings. The number of anilines is 1. The number of sulfonamides is 1. The number of aryl methyl sites for hydroxylation is 3. The smallest absolute Gasteiger partial charge is 0.243 e. The van der Waals surface area contributed by atoms with Crippen LogP contribution in [0, 0.1) is 26.7 Å². The van der Waals surface area contributed by atoms with Crippen LogP contribution in [0.15, 0.2) is 52.7 Å². The average Bonchev–Trinajstić information content (AvgIpc) is 3.24. The molecule has 1 aromatic heterocycles. The number of rotatable bonds is 5. The molecule has 4 rings (SSSR count). The van der Waals surface area contributed by atoms with E-state index in [0.717, 1.165) is 16.8 Å². The maximum atomic E-state index is 13.0. The van der Waals surface area contributed by atoms with Crippen molar-refractivity contribution in [2.75, 3.05) is 18.4 Å². The number of amides is 1. The summed E-state index contributed by atoms with van der Waals surface area (Å²) >= 11 is 1.38. The van der Waals surface area contributed by atoms with Gasteiger partial charge in [0.2, 0.25) is 15.9 Å². The number of carbonyl (C=O) groups excluding carboxylic acids is 1. The second-order valence-corrected chi connectivity index (χ2v) is 11.1. The van der Waals surface area contributed by atoms with E-state index in [4.69, 9.17) is 0 Å². The number of hydrogen-bond acceptors (Lipinski definition) is 5. The molecule has 2 heterocycles. The van der Waals surface area contributed by atoms with Crippen LogP contribution >= 0.6 is 11.3 Å². The molecule has 2 aromatic carbocycles. The van der Waals surface area contributed by atoms with E-state index in [1.807, 2.05) is 18.4 Å². The molecule has 0 aliphatic carbocycles. The summed E-state index contributed by atoms with van der Waals surface area (Å²) in [5, 5.41) is 5.35. The molecule has 1 N–H and O–H groups in total. The first-order chi connectivity index (χ1) is 15.2. The van der Waals surface area contributed by atoms with Crippen LogP contribution in [0.4, 0.5) is 5.13 Å². The molecular weight excluding hydrogens is 442 g/mol. The van der Waals surface area contributed by atoms with Gasteiger partial charge in [0.25, 0.3) is 0 Å². The summed E-state index contributed by atoms with van der Waals surface area (Å²) in [6, 6.07) is 13.0. The first kappa shape index (κ1) is 22.6. The summed E-state index contributed by atoms with van der Waals surface area (Å²) in [5.74, 6) is -0.590. The third-order valence-electron chi connectivity index (χ3n) is 5.95. The molecule has 0 radical (unpaired) electrons. The molecular formula is C24H27N3O3S2. The second-order valence-electron chi connectivity index (χ2n) is 8.34. The van der Waals surface area contributed by atoms with Crippen LogP contribution < -0.4 is 5.32 Å². The summed E-state index contributed by atoms with van der Waals surface area (Å²) < 4.78 is 27.5. The molecule has 32 heavy (non-hydrogen) atoms. The fourth-order valence-corrected chi connectivity index (χ4v) is 6.05. The van der Waals surface area contributed by atoms with E-state index in [-0.39, 0.29) is 17.3 Å². The summed E-state index contributed by atoms with van der Waals surface area (Å²) in [6.07, 6.45) is 1.30. The number of aromatic nitrogens is 1. The van der Waals surface area contributed by atoms with Gasteiger partial charge in [-0.25, -0.2) is 13.4 Å². The molecule has 1 atom stereocenters. The Morgan fingerprint density at radius 3 is 2.56 bits per heavy atom. The summed E-state index contributed by atoms with van der Waals surface area (Å²) in [7, 11) is -3.62. The second kappa shape index (κ2) is 9.13. The summed E-state index contributed by atoms with van der Waals surface area (Å²) in [6.45, 7) is 6.65. The zero-order valence-corrected chi connectivity index (χ0v) is 20.1. The van der Waals surface area contributed by atoms with Crippen LogP contribution in [-0.4, -0.2) is 36.7 Å². The molecule has 8 heteroatoms. The lowest BCUT2D eigenvalue weighted by molar-refractivity contribution is -0.120. The molecule has 1 fully saturated rings. The third kappa shape index (κ3) is 4.77. The Bertz CT molecular complexity index is 1230. The van der Waals surface area contributed by atoms with Crippen molar-refractivity contribution in [1.82, 2.24) is 9.29 Å². The van der Waals surface area contributed by atoms with E-state index in [1.165, 1.54) is 26.8 Å². The normalized spacial score (nSPS) is 17.3. The lowest BCUT2D eigenvalue weighted by Crippen LogP contribution is -2.43. The van der Waals surface area contributed by atoms with Crippen molar-refractivity contribution in [3.63, 3.8) is 0 Å². The minimum Gasteiger partial charge on any atom is -0.302 e. The van der Waals surface area contributed by atoms with Gasteiger partial charge in [-0.05, 0) is 62.9 Å². The minimum atomic E-state index is -3.62. The highest BCUT2D eigenvalue weighted by molar-refractivity contribution is 7.89. The van der Waals surface area contributed by atoms with Crippen molar-refractivity contribution in [3.8, 4) is 11.3 Å². The van der Waals surface area contributed by atoms with Gasteiger partial charge in [0, 0.05) is 24.0 Å². The van der Waals surface area contributed by atoms with Crippen LogP contribution in [-0.2, 0) is 14.8 Å². The fraction of sp³-hybridized carbons (Fsp3) is 0.333. The molecule has 6 nitrogen and oxygen atoms in total. The highest BCUT2D eigenvalue weighted by Crippen LogP contribution is 2.28. The molecule has 168 valence electrons. The van der Waals surface area contributed by atoms with Gasteiger partial charge in [-0.3, -0.25) is 4.79 Å². The van der Waals surface area contributed by atoms with Gasteiger partial charge in [-0.1, -0.05) is 29.8 Å². The third-order valence-corrected chi connectivity index (χ3v) is 8.59.